The number of rotatable bonds is 1. The normalized spacial score (nSPS) is 16.4. The lowest BCUT2D eigenvalue weighted by Crippen LogP contribution is -2.46. The maximum absolute atomic E-state index is 11.6. The summed E-state index contributed by atoms with van der Waals surface area (Å²) in [4.78, 5) is 13.4. The van der Waals surface area contributed by atoms with Crippen LogP contribution in [0.15, 0.2) is 18.2 Å². The highest BCUT2D eigenvalue weighted by molar-refractivity contribution is 6.31. The number of hydrogen-bond acceptors (Lipinski definition) is 1. The molecule has 0 spiro atoms. The molecular formula is C11H13ClN2O. The molecule has 1 saturated heterocycles. The number of urea groups is 1. The average molecular weight is 225 g/mol. The molecule has 1 fully saturated rings. The summed E-state index contributed by atoms with van der Waals surface area (Å²) in [5, 5.41) is 3.48. The van der Waals surface area contributed by atoms with Gasteiger partial charge >= 0.3 is 6.03 Å². The molecule has 1 aliphatic rings. The minimum Gasteiger partial charge on any atom is -0.338 e. The van der Waals surface area contributed by atoms with Crippen LogP contribution in [0.3, 0.4) is 0 Å². The minimum atomic E-state index is -0.0355. The van der Waals surface area contributed by atoms with Gasteiger partial charge < -0.3 is 5.32 Å². The topological polar surface area (TPSA) is 32.3 Å². The van der Waals surface area contributed by atoms with Gasteiger partial charge in [-0.2, -0.15) is 0 Å². The first-order valence-corrected chi connectivity index (χ1v) is 5.38. The summed E-state index contributed by atoms with van der Waals surface area (Å²) in [6, 6.07) is 5.57. The van der Waals surface area contributed by atoms with Crippen LogP contribution >= 0.6 is 11.6 Å². The fourth-order valence-corrected chi connectivity index (χ4v) is 1.90. The van der Waals surface area contributed by atoms with Crippen molar-refractivity contribution in [1.82, 2.24) is 5.32 Å². The van der Waals surface area contributed by atoms with Crippen LogP contribution in [0.4, 0.5) is 10.5 Å². The van der Waals surface area contributed by atoms with Gasteiger partial charge in [-0.25, -0.2) is 4.79 Å². The Morgan fingerprint density at radius 3 is 3.00 bits per heavy atom. The molecule has 2 rings (SSSR count). The van der Waals surface area contributed by atoms with Crippen molar-refractivity contribution in [3.63, 3.8) is 0 Å². The van der Waals surface area contributed by atoms with E-state index in [4.69, 9.17) is 11.6 Å². The Kier molecular flexibility index (Phi) is 2.82. The molecule has 0 bridgehead atoms. The first-order chi connectivity index (χ1) is 7.18. The summed E-state index contributed by atoms with van der Waals surface area (Å²) < 4.78 is 0. The van der Waals surface area contributed by atoms with Crippen molar-refractivity contribution >= 4 is 23.3 Å². The van der Waals surface area contributed by atoms with Gasteiger partial charge in [0.1, 0.15) is 0 Å². The second kappa shape index (κ2) is 4.11. The lowest BCUT2D eigenvalue weighted by Gasteiger charge is -2.28. The number of amides is 2. The Morgan fingerprint density at radius 2 is 2.27 bits per heavy atom. The van der Waals surface area contributed by atoms with Crippen molar-refractivity contribution in [2.45, 2.75) is 13.3 Å². The van der Waals surface area contributed by atoms with Gasteiger partial charge in [0.05, 0.1) is 0 Å². The van der Waals surface area contributed by atoms with Crippen LogP contribution in [0.5, 0.6) is 0 Å². The Balaban J connectivity index is 2.34. The van der Waals surface area contributed by atoms with Crippen molar-refractivity contribution in [2.75, 3.05) is 18.0 Å². The van der Waals surface area contributed by atoms with E-state index < -0.39 is 0 Å². The molecule has 1 heterocycles. The molecule has 0 saturated carbocycles. The number of aryl methyl sites for hydroxylation is 1. The van der Waals surface area contributed by atoms with Gasteiger partial charge in [-0.05, 0) is 31.0 Å². The van der Waals surface area contributed by atoms with E-state index in [-0.39, 0.29) is 6.03 Å². The van der Waals surface area contributed by atoms with Crippen molar-refractivity contribution in [1.29, 1.82) is 0 Å². The number of carbonyl (C=O) groups excluding carboxylic acids is 1. The van der Waals surface area contributed by atoms with E-state index in [1.54, 1.807) is 4.90 Å². The molecule has 0 atom stereocenters. The monoisotopic (exact) mass is 224 g/mol. The number of hydrogen-bond donors (Lipinski definition) is 1. The first kappa shape index (κ1) is 10.3. The second-order valence-electron chi connectivity index (χ2n) is 3.67. The van der Waals surface area contributed by atoms with Gasteiger partial charge in [0, 0.05) is 23.8 Å². The highest BCUT2D eigenvalue weighted by Crippen LogP contribution is 2.25. The van der Waals surface area contributed by atoms with Crippen LogP contribution in [0.25, 0.3) is 0 Å². The molecule has 0 radical (unpaired) electrons. The number of benzene rings is 1. The molecule has 0 aliphatic carbocycles. The van der Waals surface area contributed by atoms with Crippen LogP contribution < -0.4 is 10.2 Å². The maximum Gasteiger partial charge on any atom is 0.321 e. The third-order valence-electron chi connectivity index (χ3n) is 2.54. The quantitative estimate of drug-likeness (QED) is 0.781. The Labute approximate surface area is 94.0 Å². The van der Waals surface area contributed by atoms with Gasteiger partial charge in [-0.3, -0.25) is 4.90 Å². The molecule has 1 aromatic carbocycles. The van der Waals surface area contributed by atoms with Crippen LogP contribution in [0, 0.1) is 6.92 Å². The molecule has 0 unspecified atom stereocenters. The zero-order chi connectivity index (χ0) is 10.8. The average Bonchev–Trinajstić information content (AvgIpc) is 2.23. The van der Waals surface area contributed by atoms with E-state index in [1.165, 1.54) is 0 Å². The summed E-state index contributed by atoms with van der Waals surface area (Å²) in [5.74, 6) is 0. The summed E-state index contributed by atoms with van der Waals surface area (Å²) in [6.45, 7) is 3.50. The predicted octanol–water partition coefficient (Wildman–Crippen LogP) is 2.57. The van der Waals surface area contributed by atoms with Crippen molar-refractivity contribution in [3.8, 4) is 0 Å². The number of carbonyl (C=O) groups is 1. The lowest BCUT2D eigenvalue weighted by molar-refractivity contribution is 0.243. The smallest absolute Gasteiger partial charge is 0.321 e. The Hall–Kier alpha value is -1.22. The van der Waals surface area contributed by atoms with Gasteiger partial charge in [0.2, 0.25) is 0 Å². The van der Waals surface area contributed by atoms with Gasteiger partial charge in [0.15, 0.2) is 0 Å². The fourth-order valence-electron chi connectivity index (χ4n) is 1.73. The largest absolute Gasteiger partial charge is 0.338 e. The summed E-state index contributed by atoms with van der Waals surface area (Å²) in [5.41, 5.74) is 1.97. The SMILES string of the molecule is Cc1ccc(Cl)cc1N1CCCNC1=O. The Bertz CT molecular complexity index is 392. The van der Waals surface area contributed by atoms with Gasteiger partial charge in [-0.15, -0.1) is 0 Å². The van der Waals surface area contributed by atoms with Gasteiger partial charge in [0.25, 0.3) is 0 Å². The summed E-state index contributed by atoms with van der Waals surface area (Å²) in [6.07, 6.45) is 0.970. The number of anilines is 1. The molecule has 1 aromatic rings. The molecular weight excluding hydrogens is 212 g/mol. The fraction of sp³-hybridized carbons (Fsp3) is 0.364. The molecule has 15 heavy (non-hydrogen) atoms. The zero-order valence-corrected chi connectivity index (χ0v) is 9.34. The minimum absolute atomic E-state index is 0.0355. The molecule has 3 nitrogen and oxygen atoms in total. The molecule has 4 heteroatoms. The summed E-state index contributed by atoms with van der Waals surface area (Å²) >= 11 is 5.93. The van der Waals surface area contributed by atoms with Crippen molar-refractivity contribution < 1.29 is 4.79 Å². The van der Waals surface area contributed by atoms with Crippen LogP contribution in [0.1, 0.15) is 12.0 Å². The number of nitrogens with zero attached hydrogens (tertiary/aromatic N) is 1. The molecule has 1 aliphatic heterocycles. The van der Waals surface area contributed by atoms with E-state index in [2.05, 4.69) is 5.32 Å². The van der Waals surface area contributed by atoms with Crippen LogP contribution in [-0.2, 0) is 0 Å². The predicted molar refractivity (Wildman–Crippen MR) is 61.6 cm³/mol. The molecule has 2 amide bonds. The number of nitrogens with one attached hydrogen (secondary N) is 1. The lowest BCUT2D eigenvalue weighted by atomic mass is 10.1. The van der Waals surface area contributed by atoms with Crippen LogP contribution in [-0.4, -0.2) is 19.1 Å². The molecule has 1 N–H and O–H groups in total. The van der Waals surface area contributed by atoms with Crippen LogP contribution in [0.2, 0.25) is 5.02 Å². The van der Waals surface area contributed by atoms with E-state index in [0.717, 1.165) is 30.8 Å². The standard InChI is InChI=1S/C11H13ClN2O/c1-8-3-4-9(12)7-10(8)14-6-2-5-13-11(14)15/h3-4,7H,2,5-6H2,1H3,(H,13,15). The second-order valence-corrected chi connectivity index (χ2v) is 4.10. The summed E-state index contributed by atoms with van der Waals surface area (Å²) in [7, 11) is 0. The highest BCUT2D eigenvalue weighted by atomic mass is 35.5. The first-order valence-electron chi connectivity index (χ1n) is 5.00. The van der Waals surface area contributed by atoms with Gasteiger partial charge in [-0.1, -0.05) is 17.7 Å². The molecule has 80 valence electrons. The Morgan fingerprint density at radius 1 is 1.47 bits per heavy atom. The van der Waals surface area contributed by atoms with Crippen molar-refractivity contribution in [2.24, 2.45) is 0 Å². The third kappa shape index (κ3) is 2.07. The van der Waals surface area contributed by atoms with E-state index in [1.807, 2.05) is 25.1 Å². The maximum atomic E-state index is 11.6. The number of halogens is 1. The third-order valence-corrected chi connectivity index (χ3v) is 2.78. The van der Waals surface area contributed by atoms with E-state index in [9.17, 15) is 4.79 Å². The zero-order valence-electron chi connectivity index (χ0n) is 8.59. The van der Waals surface area contributed by atoms with Crippen molar-refractivity contribution in [3.05, 3.63) is 28.8 Å². The van der Waals surface area contributed by atoms with E-state index >= 15 is 0 Å². The highest BCUT2D eigenvalue weighted by Gasteiger charge is 2.20. The molecule has 0 aromatic heterocycles. The van der Waals surface area contributed by atoms with E-state index in [0.29, 0.717) is 5.02 Å².